The highest BCUT2D eigenvalue weighted by atomic mass is 16.2. The number of nitrogens with zero attached hydrogens (tertiary/aromatic N) is 3. The molecule has 3 aromatic rings. The van der Waals surface area contributed by atoms with Crippen LogP contribution in [0.2, 0.25) is 0 Å². The van der Waals surface area contributed by atoms with E-state index in [0.29, 0.717) is 6.42 Å². The van der Waals surface area contributed by atoms with E-state index >= 15 is 0 Å². The van der Waals surface area contributed by atoms with Crippen LogP contribution in [0.25, 0.3) is 10.9 Å². The van der Waals surface area contributed by atoms with E-state index in [2.05, 4.69) is 68.9 Å². The van der Waals surface area contributed by atoms with Crippen molar-refractivity contribution in [3.05, 3.63) is 71.9 Å². The van der Waals surface area contributed by atoms with Crippen molar-refractivity contribution < 1.29 is 4.79 Å². The molecule has 0 spiro atoms. The maximum absolute atomic E-state index is 12.5. The predicted molar refractivity (Wildman–Crippen MR) is 126 cm³/mol. The Morgan fingerprint density at radius 2 is 1.61 bits per heavy atom. The molecule has 0 bridgehead atoms. The molecule has 31 heavy (non-hydrogen) atoms. The van der Waals surface area contributed by atoms with Gasteiger partial charge in [0.15, 0.2) is 5.96 Å². The smallest absolute Gasteiger partial charge is 0.223 e. The number of rotatable bonds is 8. The van der Waals surface area contributed by atoms with Crippen molar-refractivity contribution in [3.63, 3.8) is 0 Å². The summed E-state index contributed by atoms with van der Waals surface area (Å²) in [6.07, 6.45) is 4.50. The summed E-state index contributed by atoms with van der Waals surface area (Å²) in [6.45, 7) is 4.01. The number of aryl methyl sites for hydroxylation is 1. The van der Waals surface area contributed by atoms with E-state index in [0.717, 1.165) is 51.5 Å². The van der Waals surface area contributed by atoms with Gasteiger partial charge in [0.1, 0.15) is 0 Å². The van der Waals surface area contributed by atoms with Crippen LogP contribution in [0.4, 0.5) is 0 Å². The fraction of sp³-hybridized carbons (Fsp3) is 0.360. The molecule has 2 aromatic carbocycles. The van der Waals surface area contributed by atoms with Gasteiger partial charge in [-0.15, -0.1) is 0 Å². The van der Waals surface area contributed by atoms with Crippen molar-refractivity contribution in [3.8, 4) is 0 Å². The number of aliphatic imine (C=N–C) groups is 1. The van der Waals surface area contributed by atoms with Crippen LogP contribution in [0.5, 0.6) is 0 Å². The van der Waals surface area contributed by atoms with E-state index in [9.17, 15) is 4.79 Å². The molecular formula is C25H31N5O. The summed E-state index contributed by atoms with van der Waals surface area (Å²) < 4.78 is 2.29. The van der Waals surface area contributed by atoms with Gasteiger partial charge in [0, 0.05) is 57.9 Å². The summed E-state index contributed by atoms with van der Waals surface area (Å²) >= 11 is 0. The average Bonchev–Trinajstić information content (AvgIpc) is 3.42. The molecule has 1 aromatic heterocycles. The quantitative estimate of drug-likeness (QED) is 0.335. The molecule has 0 fully saturated rings. The molecule has 0 unspecified atom stereocenters. The zero-order valence-corrected chi connectivity index (χ0v) is 18.2. The van der Waals surface area contributed by atoms with Crippen LogP contribution in [0.15, 0.2) is 65.8 Å². The number of benzene rings is 2. The van der Waals surface area contributed by atoms with Gasteiger partial charge in [-0.1, -0.05) is 42.5 Å². The highest BCUT2D eigenvalue weighted by molar-refractivity contribution is 5.80. The highest BCUT2D eigenvalue weighted by Gasteiger charge is 2.22. The first-order valence-electron chi connectivity index (χ1n) is 11.1. The lowest BCUT2D eigenvalue weighted by molar-refractivity contribution is -0.131. The molecule has 162 valence electrons. The van der Waals surface area contributed by atoms with Crippen molar-refractivity contribution in [2.75, 3.05) is 20.1 Å². The van der Waals surface area contributed by atoms with Crippen LogP contribution < -0.4 is 10.6 Å². The van der Waals surface area contributed by atoms with Gasteiger partial charge in [0.25, 0.3) is 0 Å². The Morgan fingerprint density at radius 1 is 0.935 bits per heavy atom. The number of guanidine groups is 1. The van der Waals surface area contributed by atoms with Crippen molar-refractivity contribution in [1.29, 1.82) is 0 Å². The normalized spacial score (nSPS) is 13.5. The molecule has 1 amide bonds. The summed E-state index contributed by atoms with van der Waals surface area (Å²) in [6, 6.07) is 18.9. The molecule has 0 aliphatic carbocycles. The third-order valence-electron chi connectivity index (χ3n) is 5.83. The van der Waals surface area contributed by atoms with Gasteiger partial charge < -0.3 is 20.1 Å². The van der Waals surface area contributed by atoms with E-state index in [1.807, 2.05) is 17.0 Å². The molecule has 6 nitrogen and oxygen atoms in total. The second kappa shape index (κ2) is 10.2. The zero-order valence-electron chi connectivity index (χ0n) is 18.2. The Labute approximate surface area is 184 Å². The fourth-order valence-electron chi connectivity index (χ4n) is 4.13. The van der Waals surface area contributed by atoms with Gasteiger partial charge in [-0.25, -0.2) is 0 Å². The van der Waals surface area contributed by atoms with Gasteiger partial charge in [-0.3, -0.25) is 9.79 Å². The van der Waals surface area contributed by atoms with Crippen molar-refractivity contribution >= 4 is 22.8 Å². The van der Waals surface area contributed by atoms with E-state index < -0.39 is 0 Å². The first kappa shape index (κ1) is 21.0. The molecule has 4 rings (SSSR count). The Bertz CT molecular complexity index is 1030. The highest BCUT2D eigenvalue weighted by Crippen LogP contribution is 2.22. The van der Waals surface area contributed by atoms with Gasteiger partial charge in [0.2, 0.25) is 5.91 Å². The second-order valence-electron chi connectivity index (χ2n) is 7.97. The number of hydrogen-bond acceptors (Lipinski definition) is 2. The van der Waals surface area contributed by atoms with Crippen molar-refractivity contribution in [1.82, 2.24) is 20.1 Å². The molecule has 0 radical (unpaired) electrons. The molecule has 0 saturated heterocycles. The summed E-state index contributed by atoms with van der Waals surface area (Å²) in [7, 11) is 1.78. The fourth-order valence-corrected chi connectivity index (χ4v) is 4.13. The molecule has 6 heteroatoms. The van der Waals surface area contributed by atoms with Crippen LogP contribution >= 0.6 is 0 Å². The number of carbonyl (C=O) groups excluding carboxylic acids is 1. The third-order valence-corrected chi connectivity index (χ3v) is 5.83. The monoisotopic (exact) mass is 417 g/mol. The first-order valence-corrected chi connectivity index (χ1v) is 11.1. The van der Waals surface area contributed by atoms with Gasteiger partial charge >= 0.3 is 0 Å². The van der Waals surface area contributed by atoms with E-state index in [1.54, 1.807) is 7.05 Å². The number of amides is 1. The molecular weight excluding hydrogens is 386 g/mol. The molecule has 2 N–H and O–H groups in total. The summed E-state index contributed by atoms with van der Waals surface area (Å²) in [4.78, 5) is 18.7. The Morgan fingerprint density at radius 3 is 2.35 bits per heavy atom. The number of fused-ring (bicyclic) bond motifs is 2. The minimum atomic E-state index is 0.222. The number of carbonyl (C=O) groups is 1. The van der Waals surface area contributed by atoms with Gasteiger partial charge in [-0.2, -0.15) is 0 Å². The minimum Gasteiger partial charge on any atom is -0.356 e. The lowest BCUT2D eigenvalue weighted by atomic mass is 10.1. The number of para-hydroxylation sites is 1. The van der Waals surface area contributed by atoms with E-state index in [4.69, 9.17) is 0 Å². The molecule has 1 aliphatic rings. The first-order chi connectivity index (χ1) is 15.2. The second-order valence-corrected chi connectivity index (χ2v) is 7.97. The van der Waals surface area contributed by atoms with Crippen molar-refractivity contribution in [2.45, 2.75) is 38.9 Å². The predicted octanol–water partition coefficient (Wildman–Crippen LogP) is 3.52. The Hall–Kier alpha value is -3.28. The number of nitrogens with one attached hydrogen (secondary N) is 2. The van der Waals surface area contributed by atoms with Crippen LogP contribution in [0.3, 0.4) is 0 Å². The lowest BCUT2D eigenvalue weighted by Gasteiger charge is -2.16. The van der Waals surface area contributed by atoms with Crippen LogP contribution in [-0.4, -0.2) is 41.5 Å². The Balaban J connectivity index is 1.12. The third kappa shape index (κ3) is 5.26. The van der Waals surface area contributed by atoms with Gasteiger partial charge in [-0.05, 0) is 41.5 Å². The number of aromatic nitrogens is 1. The maximum atomic E-state index is 12.5. The molecule has 1 aliphatic heterocycles. The SMILES string of the molecule is CN=C(NCCCC(=O)N1Cc2ccccc2C1)NCCCn1ccc2ccccc21. The van der Waals surface area contributed by atoms with Crippen LogP contribution in [0.1, 0.15) is 30.4 Å². The van der Waals surface area contributed by atoms with Crippen LogP contribution in [-0.2, 0) is 24.4 Å². The molecule has 0 atom stereocenters. The summed E-state index contributed by atoms with van der Waals surface area (Å²) in [5.41, 5.74) is 3.81. The molecule has 2 heterocycles. The largest absolute Gasteiger partial charge is 0.356 e. The standard InChI is InChI=1S/C25H31N5O/c1-26-25(28-15-7-16-29-17-13-20-8-4-5-11-23(20)29)27-14-6-12-24(31)30-18-21-9-2-3-10-22(21)19-30/h2-5,8-11,13,17H,6-7,12,14-16,18-19H2,1H3,(H2,26,27,28). The van der Waals surface area contributed by atoms with Crippen LogP contribution in [0, 0.1) is 0 Å². The molecule has 0 saturated carbocycles. The Kier molecular flexibility index (Phi) is 6.87. The lowest BCUT2D eigenvalue weighted by Crippen LogP contribution is -2.38. The van der Waals surface area contributed by atoms with Crippen molar-refractivity contribution in [2.24, 2.45) is 4.99 Å². The van der Waals surface area contributed by atoms with E-state index in [-0.39, 0.29) is 5.91 Å². The van der Waals surface area contributed by atoms with E-state index in [1.165, 1.54) is 22.0 Å². The summed E-state index contributed by atoms with van der Waals surface area (Å²) in [5.74, 6) is 1.01. The average molecular weight is 418 g/mol. The minimum absolute atomic E-state index is 0.222. The topological polar surface area (TPSA) is 61.7 Å². The van der Waals surface area contributed by atoms with Gasteiger partial charge in [0.05, 0.1) is 0 Å². The number of hydrogen-bond donors (Lipinski definition) is 2. The summed E-state index contributed by atoms with van der Waals surface area (Å²) in [5, 5.41) is 7.96. The zero-order chi connectivity index (χ0) is 21.5. The maximum Gasteiger partial charge on any atom is 0.223 e.